The van der Waals surface area contributed by atoms with Gasteiger partial charge in [0.05, 0.1) is 11.1 Å². The highest BCUT2D eigenvalue weighted by Gasteiger charge is 2.36. The molecule has 0 bridgehead atoms. The summed E-state index contributed by atoms with van der Waals surface area (Å²) in [7, 11) is 0. The van der Waals surface area contributed by atoms with Crippen molar-refractivity contribution in [2.45, 2.75) is 6.18 Å². The molecule has 0 unspecified atom stereocenters. The van der Waals surface area contributed by atoms with Gasteiger partial charge in [0.15, 0.2) is 0 Å². The van der Waals surface area contributed by atoms with Crippen LogP contribution in [0.1, 0.15) is 15.9 Å². The molecule has 0 radical (unpaired) electrons. The van der Waals surface area contributed by atoms with Crippen LogP contribution in [-0.4, -0.2) is 37.0 Å². The Kier molecular flexibility index (Phi) is 4.65. The molecule has 0 spiro atoms. The lowest BCUT2D eigenvalue weighted by Crippen LogP contribution is -2.49. The molecule has 1 saturated heterocycles. The van der Waals surface area contributed by atoms with Crippen molar-refractivity contribution in [3.05, 3.63) is 65.5 Å². The zero-order chi connectivity index (χ0) is 18.0. The molecule has 2 aromatic rings. The SMILES string of the molecule is O=C(c1ccccc1C(F)(F)F)N1CCN(c2ccc(F)cc2)CC1. The molecule has 3 nitrogen and oxygen atoms in total. The van der Waals surface area contributed by atoms with Crippen molar-refractivity contribution in [1.29, 1.82) is 0 Å². The summed E-state index contributed by atoms with van der Waals surface area (Å²) in [6.45, 7) is 1.57. The van der Waals surface area contributed by atoms with Crippen LogP contribution in [0, 0.1) is 5.82 Å². The highest BCUT2D eigenvalue weighted by molar-refractivity contribution is 5.96. The molecule has 0 saturated carbocycles. The van der Waals surface area contributed by atoms with Gasteiger partial charge >= 0.3 is 6.18 Å². The summed E-state index contributed by atoms with van der Waals surface area (Å²) in [6.07, 6.45) is -4.57. The van der Waals surface area contributed by atoms with E-state index in [4.69, 9.17) is 0 Å². The van der Waals surface area contributed by atoms with Crippen LogP contribution in [0.2, 0.25) is 0 Å². The van der Waals surface area contributed by atoms with Crippen LogP contribution in [0.25, 0.3) is 0 Å². The van der Waals surface area contributed by atoms with E-state index in [2.05, 4.69) is 0 Å². The number of hydrogen-bond acceptors (Lipinski definition) is 2. The Balaban J connectivity index is 1.71. The van der Waals surface area contributed by atoms with Gasteiger partial charge in [-0.05, 0) is 36.4 Å². The van der Waals surface area contributed by atoms with E-state index in [0.29, 0.717) is 26.2 Å². The van der Waals surface area contributed by atoms with E-state index >= 15 is 0 Å². The van der Waals surface area contributed by atoms with Crippen molar-refractivity contribution in [3.63, 3.8) is 0 Å². The molecule has 1 fully saturated rings. The number of carbonyl (C=O) groups is 1. The van der Waals surface area contributed by atoms with Gasteiger partial charge in [-0.25, -0.2) is 4.39 Å². The van der Waals surface area contributed by atoms with E-state index in [-0.39, 0.29) is 11.4 Å². The first kappa shape index (κ1) is 17.3. The smallest absolute Gasteiger partial charge is 0.368 e. The second-order valence-electron chi connectivity index (χ2n) is 5.80. The lowest BCUT2D eigenvalue weighted by Gasteiger charge is -2.36. The maximum atomic E-state index is 13.1. The predicted octanol–water partition coefficient (Wildman–Crippen LogP) is 3.81. The molecule has 2 aromatic carbocycles. The fraction of sp³-hybridized carbons (Fsp3) is 0.278. The number of benzene rings is 2. The third-order valence-electron chi connectivity index (χ3n) is 4.22. The van der Waals surface area contributed by atoms with Gasteiger partial charge in [-0.3, -0.25) is 4.79 Å². The van der Waals surface area contributed by atoms with Crippen LogP contribution in [-0.2, 0) is 6.18 Å². The number of halogens is 4. The van der Waals surface area contributed by atoms with E-state index in [1.54, 1.807) is 12.1 Å². The van der Waals surface area contributed by atoms with Gasteiger partial charge in [-0.1, -0.05) is 12.1 Å². The molecule has 1 aliphatic rings. The van der Waals surface area contributed by atoms with E-state index in [9.17, 15) is 22.4 Å². The molecule has 7 heteroatoms. The van der Waals surface area contributed by atoms with Gasteiger partial charge in [0.1, 0.15) is 5.82 Å². The quantitative estimate of drug-likeness (QED) is 0.768. The standard InChI is InChI=1S/C18H16F4N2O/c19-13-5-7-14(8-6-13)23-9-11-24(12-10-23)17(25)15-3-1-2-4-16(15)18(20,21)22/h1-8H,9-12H2. The molecular weight excluding hydrogens is 336 g/mol. The molecule has 0 aliphatic carbocycles. The lowest BCUT2D eigenvalue weighted by atomic mass is 10.1. The normalized spacial score (nSPS) is 15.4. The van der Waals surface area contributed by atoms with Crippen molar-refractivity contribution >= 4 is 11.6 Å². The van der Waals surface area contributed by atoms with Gasteiger partial charge in [0, 0.05) is 31.9 Å². The van der Waals surface area contributed by atoms with Crippen molar-refractivity contribution in [2.24, 2.45) is 0 Å². The molecule has 25 heavy (non-hydrogen) atoms. The number of hydrogen-bond donors (Lipinski definition) is 0. The van der Waals surface area contributed by atoms with Gasteiger partial charge < -0.3 is 9.80 Å². The number of carbonyl (C=O) groups excluding carboxylic acids is 1. The first-order chi connectivity index (χ1) is 11.9. The second-order valence-corrected chi connectivity index (χ2v) is 5.80. The van der Waals surface area contributed by atoms with Crippen molar-refractivity contribution in [2.75, 3.05) is 31.1 Å². The average molecular weight is 352 g/mol. The maximum Gasteiger partial charge on any atom is 0.417 e. The lowest BCUT2D eigenvalue weighted by molar-refractivity contribution is -0.138. The van der Waals surface area contributed by atoms with Gasteiger partial charge in [0.25, 0.3) is 5.91 Å². The zero-order valence-electron chi connectivity index (χ0n) is 13.3. The van der Waals surface area contributed by atoms with E-state index in [1.807, 2.05) is 4.90 Å². The fourth-order valence-corrected chi connectivity index (χ4v) is 2.91. The minimum atomic E-state index is -4.57. The fourth-order valence-electron chi connectivity index (χ4n) is 2.91. The van der Waals surface area contributed by atoms with Gasteiger partial charge in [-0.2, -0.15) is 13.2 Å². The number of rotatable bonds is 2. The average Bonchev–Trinajstić information content (AvgIpc) is 2.61. The summed E-state index contributed by atoms with van der Waals surface area (Å²) < 4.78 is 52.2. The van der Waals surface area contributed by atoms with Crippen molar-refractivity contribution in [1.82, 2.24) is 4.90 Å². The number of piperazine rings is 1. The third-order valence-corrected chi connectivity index (χ3v) is 4.22. The number of amides is 1. The summed E-state index contributed by atoms with van der Waals surface area (Å²) in [4.78, 5) is 15.9. The molecule has 1 aliphatic heterocycles. The minimum absolute atomic E-state index is 0.308. The Morgan fingerprint density at radius 1 is 0.880 bits per heavy atom. The van der Waals surface area contributed by atoms with Crippen LogP contribution in [0.4, 0.5) is 23.2 Å². The molecule has 0 atom stereocenters. The Hall–Kier alpha value is -2.57. The maximum absolute atomic E-state index is 13.1. The highest BCUT2D eigenvalue weighted by atomic mass is 19.4. The number of alkyl halides is 3. The number of anilines is 1. The first-order valence-electron chi connectivity index (χ1n) is 7.82. The van der Waals surface area contributed by atoms with Crippen LogP contribution in [0.3, 0.4) is 0 Å². The van der Waals surface area contributed by atoms with Crippen molar-refractivity contribution in [3.8, 4) is 0 Å². The van der Waals surface area contributed by atoms with Crippen LogP contribution in [0.15, 0.2) is 48.5 Å². The van der Waals surface area contributed by atoms with E-state index in [1.165, 1.54) is 35.2 Å². The molecule has 132 valence electrons. The molecule has 0 N–H and O–H groups in total. The minimum Gasteiger partial charge on any atom is -0.368 e. The number of nitrogens with zero attached hydrogens (tertiary/aromatic N) is 2. The molecule has 0 aromatic heterocycles. The first-order valence-corrected chi connectivity index (χ1v) is 7.82. The van der Waals surface area contributed by atoms with E-state index < -0.39 is 17.6 Å². The Labute approximate surface area is 142 Å². The summed E-state index contributed by atoms with van der Waals surface area (Å²) in [6, 6.07) is 10.8. The molecular formula is C18H16F4N2O. The Morgan fingerprint density at radius 2 is 1.48 bits per heavy atom. The highest BCUT2D eigenvalue weighted by Crippen LogP contribution is 2.32. The summed E-state index contributed by atoms with van der Waals surface area (Å²) in [5, 5.41) is 0. The van der Waals surface area contributed by atoms with Crippen molar-refractivity contribution < 1.29 is 22.4 Å². The van der Waals surface area contributed by atoms with E-state index in [0.717, 1.165) is 11.8 Å². The Morgan fingerprint density at radius 3 is 2.08 bits per heavy atom. The van der Waals surface area contributed by atoms with Crippen LogP contribution in [0.5, 0.6) is 0 Å². The second kappa shape index (κ2) is 6.74. The van der Waals surface area contributed by atoms with Crippen LogP contribution < -0.4 is 4.90 Å². The summed E-state index contributed by atoms with van der Waals surface area (Å²) in [5.74, 6) is -0.951. The van der Waals surface area contributed by atoms with Gasteiger partial charge in [-0.15, -0.1) is 0 Å². The van der Waals surface area contributed by atoms with Crippen LogP contribution >= 0.6 is 0 Å². The molecule has 1 heterocycles. The summed E-state index contributed by atoms with van der Waals surface area (Å²) in [5.41, 5.74) is -0.421. The molecule has 1 amide bonds. The predicted molar refractivity (Wildman–Crippen MR) is 86.0 cm³/mol. The zero-order valence-corrected chi connectivity index (χ0v) is 13.3. The monoisotopic (exact) mass is 352 g/mol. The molecule has 3 rings (SSSR count). The third kappa shape index (κ3) is 3.75. The Bertz CT molecular complexity index is 750. The van der Waals surface area contributed by atoms with Gasteiger partial charge in [0.2, 0.25) is 0 Å². The largest absolute Gasteiger partial charge is 0.417 e. The summed E-state index contributed by atoms with van der Waals surface area (Å²) >= 11 is 0. The topological polar surface area (TPSA) is 23.6 Å².